The average molecular weight is 277 g/mol. The Morgan fingerprint density at radius 3 is 2.74 bits per heavy atom. The van der Waals surface area contributed by atoms with E-state index in [1.807, 2.05) is 11.3 Å². The van der Waals surface area contributed by atoms with Crippen LogP contribution < -0.4 is 5.32 Å². The number of aryl methyl sites for hydroxylation is 1. The average Bonchev–Trinajstić information content (AvgIpc) is 3.14. The predicted octanol–water partition coefficient (Wildman–Crippen LogP) is 4.79. The van der Waals surface area contributed by atoms with Gasteiger partial charge in [-0.2, -0.15) is 0 Å². The number of rotatable bonds is 6. The molecule has 19 heavy (non-hydrogen) atoms. The lowest BCUT2D eigenvalue weighted by molar-refractivity contribution is 0.282. The van der Waals surface area contributed by atoms with E-state index in [1.54, 1.807) is 4.88 Å². The van der Waals surface area contributed by atoms with Crippen LogP contribution in [-0.4, -0.2) is 6.54 Å². The van der Waals surface area contributed by atoms with Crippen molar-refractivity contribution in [2.24, 2.45) is 17.8 Å². The fourth-order valence-electron chi connectivity index (χ4n) is 4.29. The SMILES string of the molecule is CCNC(CC1CC2CCC1C2)c1ccc(CC)s1. The summed E-state index contributed by atoms with van der Waals surface area (Å²) in [6, 6.07) is 5.30. The fourth-order valence-corrected chi connectivity index (χ4v) is 5.33. The van der Waals surface area contributed by atoms with E-state index in [2.05, 4.69) is 31.3 Å². The zero-order valence-electron chi connectivity index (χ0n) is 12.3. The molecular weight excluding hydrogens is 250 g/mol. The molecule has 4 atom stereocenters. The molecule has 2 fully saturated rings. The van der Waals surface area contributed by atoms with Gasteiger partial charge in [0.2, 0.25) is 0 Å². The van der Waals surface area contributed by atoms with Gasteiger partial charge in [0.25, 0.3) is 0 Å². The second-order valence-corrected chi connectivity index (χ2v) is 7.64. The Hall–Kier alpha value is -0.340. The highest BCUT2D eigenvalue weighted by atomic mass is 32.1. The summed E-state index contributed by atoms with van der Waals surface area (Å²) < 4.78 is 0. The van der Waals surface area contributed by atoms with Gasteiger partial charge in [-0.25, -0.2) is 0 Å². The molecule has 0 radical (unpaired) electrons. The molecule has 0 aliphatic heterocycles. The highest BCUT2D eigenvalue weighted by Gasteiger charge is 2.40. The van der Waals surface area contributed by atoms with E-state index >= 15 is 0 Å². The largest absolute Gasteiger partial charge is 0.310 e. The first kappa shape index (κ1) is 13.6. The van der Waals surface area contributed by atoms with Gasteiger partial charge in [-0.15, -0.1) is 11.3 Å². The Bertz CT molecular complexity index is 411. The number of hydrogen-bond acceptors (Lipinski definition) is 2. The minimum atomic E-state index is 0.611. The van der Waals surface area contributed by atoms with Crippen LogP contribution >= 0.6 is 11.3 Å². The summed E-state index contributed by atoms with van der Waals surface area (Å²) >= 11 is 2.02. The summed E-state index contributed by atoms with van der Waals surface area (Å²) in [4.78, 5) is 3.10. The topological polar surface area (TPSA) is 12.0 Å². The van der Waals surface area contributed by atoms with Crippen molar-refractivity contribution < 1.29 is 0 Å². The van der Waals surface area contributed by atoms with Crippen LogP contribution in [-0.2, 0) is 6.42 Å². The zero-order valence-corrected chi connectivity index (χ0v) is 13.1. The van der Waals surface area contributed by atoms with E-state index in [9.17, 15) is 0 Å². The van der Waals surface area contributed by atoms with Gasteiger partial charge in [-0.3, -0.25) is 0 Å². The molecule has 0 spiro atoms. The Morgan fingerprint density at radius 1 is 1.26 bits per heavy atom. The minimum absolute atomic E-state index is 0.611. The third-order valence-electron chi connectivity index (χ3n) is 5.25. The quantitative estimate of drug-likeness (QED) is 0.788. The highest BCUT2D eigenvalue weighted by molar-refractivity contribution is 7.12. The van der Waals surface area contributed by atoms with Crippen molar-refractivity contribution in [3.05, 3.63) is 21.9 Å². The maximum absolute atomic E-state index is 3.73. The number of nitrogens with one attached hydrogen (secondary N) is 1. The van der Waals surface area contributed by atoms with Crippen LogP contribution in [0.1, 0.15) is 61.7 Å². The van der Waals surface area contributed by atoms with Crippen molar-refractivity contribution in [1.82, 2.24) is 5.32 Å². The molecule has 1 aromatic heterocycles. The van der Waals surface area contributed by atoms with E-state index in [0.717, 1.165) is 24.3 Å². The smallest absolute Gasteiger partial charge is 0.0417 e. The summed E-state index contributed by atoms with van der Waals surface area (Å²) in [7, 11) is 0. The van der Waals surface area contributed by atoms with Gasteiger partial charge in [0.1, 0.15) is 0 Å². The summed E-state index contributed by atoms with van der Waals surface area (Å²) in [5.41, 5.74) is 0. The third-order valence-corrected chi connectivity index (χ3v) is 6.59. The summed E-state index contributed by atoms with van der Waals surface area (Å²) in [5.74, 6) is 3.12. The molecule has 2 aliphatic carbocycles. The molecular formula is C17H27NS. The molecule has 1 heterocycles. The normalized spacial score (nSPS) is 30.9. The third kappa shape index (κ3) is 2.90. The van der Waals surface area contributed by atoms with Crippen molar-refractivity contribution in [2.75, 3.05) is 6.54 Å². The van der Waals surface area contributed by atoms with E-state index in [4.69, 9.17) is 0 Å². The lowest BCUT2D eigenvalue weighted by Crippen LogP contribution is -2.24. The maximum Gasteiger partial charge on any atom is 0.0417 e. The Morgan fingerprint density at radius 2 is 2.16 bits per heavy atom. The van der Waals surface area contributed by atoms with Gasteiger partial charge >= 0.3 is 0 Å². The Labute approximate surface area is 121 Å². The lowest BCUT2D eigenvalue weighted by atomic mass is 9.84. The zero-order chi connectivity index (χ0) is 13.2. The number of fused-ring (bicyclic) bond motifs is 2. The Kier molecular flexibility index (Phi) is 4.28. The van der Waals surface area contributed by atoms with E-state index in [-0.39, 0.29) is 0 Å². The van der Waals surface area contributed by atoms with Gasteiger partial charge in [0, 0.05) is 15.8 Å². The molecule has 1 N–H and O–H groups in total. The van der Waals surface area contributed by atoms with Crippen LogP contribution in [0.5, 0.6) is 0 Å². The molecule has 2 aliphatic rings. The van der Waals surface area contributed by atoms with Gasteiger partial charge in [-0.1, -0.05) is 20.3 Å². The molecule has 3 rings (SSSR count). The number of hydrogen-bond donors (Lipinski definition) is 1. The van der Waals surface area contributed by atoms with Crippen molar-refractivity contribution in [1.29, 1.82) is 0 Å². The van der Waals surface area contributed by atoms with Crippen LogP contribution in [0.2, 0.25) is 0 Å². The van der Waals surface area contributed by atoms with Crippen molar-refractivity contribution in [3.8, 4) is 0 Å². The summed E-state index contributed by atoms with van der Waals surface area (Å²) in [6.07, 6.45) is 8.63. The molecule has 0 aromatic carbocycles. The van der Waals surface area contributed by atoms with Crippen LogP contribution in [0.3, 0.4) is 0 Å². The van der Waals surface area contributed by atoms with Gasteiger partial charge < -0.3 is 5.32 Å². The first-order chi connectivity index (χ1) is 9.30. The van der Waals surface area contributed by atoms with E-state index in [0.29, 0.717) is 6.04 Å². The molecule has 2 heteroatoms. The van der Waals surface area contributed by atoms with Crippen LogP contribution in [0.15, 0.2) is 12.1 Å². The fraction of sp³-hybridized carbons (Fsp3) is 0.765. The van der Waals surface area contributed by atoms with E-state index < -0.39 is 0 Å². The van der Waals surface area contributed by atoms with Gasteiger partial charge in [0.15, 0.2) is 0 Å². The van der Waals surface area contributed by atoms with Crippen molar-refractivity contribution in [3.63, 3.8) is 0 Å². The first-order valence-electron chi connectivity index (χ1n) is 8.12. The number of thiophene rings is 1. The molecule has 0 amide bonds. The molecule has 1 aromatic rings. The van der Waals surface area contributed by atoms with Crippen molar-refractivity contribution in [2.45, 2.75) is 58.4 Å². The minimum Gasteiger partial charge on any atom is -0.310 e. The van der Waals surface area contributed by atoms with Gasteiger partial charge in [-0.05, 0) is 68.5 Å². The standard InChI is InChI=1S/C17H27NS/c1-3-15-7-8-17(19-15)16(18-4-2)11-14-10-12-5-6-13(14)9-12/h7-8,12-14,16,18H,3-6,9-11H2,1-2H3. The molecule has 106 valence electrons. The predicted molar refractivity (Wildman–Crippen MR) is 83.7 cm³/mol. The molecule has 2 bridgehead atoms. The van der Waals surface area contributed by atoms with E-state index in [1.165, 1.54) is 43.4 Å². The van der Waals surface area contributed by atoms with Crippen LogP contribution in [0.25, 0.3) is 0 Å². The van der Waals surface area contributed by atoms with Crippen LogP contribution in [0.4, 0.5) is 0 Å². The molecule has 0 saturated heterocycles. The second kappa shape index (κ2) is 5.97. The molecule has 1 nitrogen and oxygen atoms in total. The van der Waals surface area contributed by atoms with Crippen molar-refractivity contribution >= 4 is 11.3 Å². The summed E-state index contributed by atoms with van der Waals surface area (Å²) in [5, 5.41) is 3.73. The monoisotopic (exact) mass is 277 g/mol. The molecule has 2 saturated carbocycles. The van der Waals surface area contributed by atoms with Crippen LogP contribution in [0, 0.1) is 17.8 Å². The Balaban J connectivity index is 1.67. The molecule has 4 unspecified atom stereocenters. The first-order valence-corrected chi connectivity index (χ1v) is 8.93. The lowest BCUT2D eigenvalue weighted by Gasteiger charge is -2.26. The second-order valence-electron chi connectivity index (χ2n) is 6.44. The summed E-state index contributed by atoms with van der Waals surface area (Å²) in [6.45, 7) is 5.58. The highest BCUT2D eigenvalue weighted by Crippen LogP contribution is 2.51. The maximum atomic E-state index is 3.73. The van der Waals surface area contributed by atoms with Gasteiger partial charge in [0.05, 0.1) is 0 Å².